The quantitative estimate of drug-likeness (QED) is 0.233. The van der Waals surface area contributed by atoms with Gasteiger partial charge >= 0.3 is 12.1 Å². The molecule has 4 nitrogen and oxygen atoms in total. The minimum Gasteiger partial charge on any atom is -0.478 e. The maximum atomic E-state index is 13.8. The van der Waals surface area contributed by atoms with Crippen molar-refractivity contribution in [1.82, 2.24) is 4.98 Å². The van der Waals surface area contributed by atoms with Gasteiger partial charge in [0.15, 0.2) is 0 Å². The number of anilines is 1. The molecule has 0 spiro atoms. The first kappa shape index (κ1) is 25.0. The van der Waals surface area contributed by atoms with E-state index in [2.05, 4.69) is 10.3 Å². The molecule has 1 heterocycles. The van der Waals surface area contributed by atoms with Gasteiger partial charge < -0.3 is 10.4 Å². The summed E-state index contributed by atoms with van der Waals surface area (Å²) in [5, 5.41) is 12.9. The monoisotopic (exact) mass is 512 g/mol. The Morgan fingerprint density at radius 1 is 0.842 bits per heavy atom. The number of benzene rings is 4. The van der Waals surface area contributed by atoms with Gasteiger partial charge in [0.1, 0.15) is 0 Å². The number of rotatable bonds is 7. The van der Waals surface area contributed by atoms with Crippen LogP contribution in [0.15, 0.2) is 103 Å². The molecule has 1 aromatic heterocycles. The lowest BCUT2D eigenvalue weighted by Crippen LogP contribution is -2.07. The molecule has 38 heavy (non-hydrogen) atoms. The number of fused-ring (bicyclic) bond motifs is 1. The van der Waals surface area contributed by atoms with Crippen LogP contribution in [0.1, 0.15) is 32.6 Å². The number of hydrogen-bond donors (Lipinski definition) is 2. The van der Waals surface area contributed by atoms with Crippen LogP contribution in [-0.2, 0) is 19.1 Å². The number of para-hydroxylation sites is 1. The van der Waals surface area contributed by atoms with E-state index < -0.39 is 17.7 Å². The first-order valence-electron chi connectivity index (χ1n) is 12.0. The van der Waals surface area contributed by atoms with Crippen LogP contribution in [0.25, 0.3) is 22.0 Å². The number of carboxylic acids is 1. The lowest BCUT2D eigenvalue weighted by molar-refractivity contribution is -0.136. The summed E-state index contributed by atoms with van der Waals surface area (Å²) in [4.78, 5) is 15.6. The largest absolute Gasteiger partial charge is 0.478 e. The number of aromatic nitrogens is 1. The molecule has 0 aliphatic carbocycles. The van der Waals surface area contributed by atoms with Crippen molar-refractivity contribution in [3.63, 3.8) is 0 Å². The molecule has 5 rings (SSSR count). The Bertz CT molecular complexity index is 1620. The topological polar surface area (TPSA) is 62.2 Å². The summed E-state index contributed by atoms with van der Waals surface area (Å²) in [6, 6.07) is 28.0. The summed E-state index contributed by atoms with van der Waals surface area (Å²) in [6.45, 7) is 0.405. The molecular formula is C31H23F3N2O2. The molecule has 0 fully saturated rings. The second kappa shape index (κ2) is 10.4. The average Bonchev–Trinajstić information content (AvgIpc) is 2.92. The Hall–Kier alpha value is -4.65. The lowest BCUT2D eigenvalue weighted by atomic mass is 9.91. The predicted molar refractivity (Wildman–Crippen MR) is 142 cm³/mol. The zero-order valence-electron chi connectivity index (χ0n) is 20.2. The van der Waals surface area contributed by atoms with E-state index in [1.807, 2.05) is 54.6 Å². The van der Waals surface area contributed by atoms with Crippen LogP contribution in [-0.4, -0.2) is 16.1 Å². The number of nitrogens with zero attached hydrogens (tertiary/aromatic N) is 1. The normalized spacial score (nSPS) is 11.4. The molecular weight excluding hydrogens is 489 g/mol. The van der Waals surface area contributed by atoms with Crippen molar-refractivity contribution in [1.29, 1.82) is 0 Å². The van der Waals surface area contributed by atoms with Gasteiger partial charge in [-0.25, -0.2) is 4.79 Å². The fourth-order valence-corrected chi connectivity index (χ4v) is 4.59. The third kappa shape index (κ3) is 5.37. The Balaban J connectivity index is 1.57. The molecule has 0 saturated heterocycles. The number of carboxylic acid groups (broad SMARTS) is 1. The number of halogens is 3. The van der Waals surface area contributed by atoms with Crippen LogP contribution in [0.2, 0.25) is 0 Å². The van der Waals surface area contributed by atoms with E-state index in [-0.39, 0.29) is 11.1 Å². The van der Waals surface area contributed by atoms with Crippen molar-refractivity contribution >= 4 is 22.6 Å². The van der Waals surface area contributed by atoms with E-state index in [9.17, 15) is 23.1 Å². The molecule has 0 unspecified atom stereocenters. The highest BCUT2D eigenvalue weighted by atomic mass is 19.4. The Kier molecular flexibility index (Phi) is 6.83. The first-order chi connectivity index (χ1) is 18.3. The van der Waals surface area contributed by atoms with Crippen molar-refractivity contribution in [3.8, 4) is 11.1 Å². The fraction of sp³-hybridized carbons (Fsp3) is 0.0968. The van der Waals surface area contributed by atoms with Crippen molar-refractivity contribution in [2.75, 3.05) is 5.32 Å². The number of nitrogens with one attached hydrogen (secondary N) is 1. The third-order valence-electron chi connectivity index (χ3n) is 6.34. The van der Waals surface area contributed by atoms with Gasteiger partial charge in [-0.2, -0.15) is 13.2 Å². The molecule has 0 aliphatic rings. The molecule has 0 bridgehead atoms. The standard InChI is InChI=1S/C31H23F3N2O2/c32-31(33,34)27-14-6-13-26-28(24(19-36-29(26)27)15-20-7-2-1-3-8-20)22-10-4-9-21(16-22)18-35-25-12-5-11-23(17-25)30(37)38/h1-14,16-17,19,35H,15,18H2,(H,37,38). The van der Waals surface area contributed by atoms with Crippen LogP contribution in [0, 0.1) is 0 Å². The van der Waals surface area contributed by atoms with Gasteiger partial charge in [0.2, 0.25) is 0 Å². The molecule has 2 N–H and O–H groups in total. The maximum Gasteiger partial charge on any atom is 0.418 e. The van der Waals surface area contributed by atoms with Crippen LogP contribution in [0.5, 0.6) is 0 Å². The number of hydrogen-bond acceptors (Lipinski definition) is 3. The number of carbonyl (C=O) groups is 1. The summed E-state index contributed by atoms with van der Waals surface area (Å²) in [5.41, 5.74) is 4.22. The van der Waals surface area contributed by atoms with Crippen molar-refractivity contribution < 1.29 is 23.1 Å². The van der Waals surface area contributed by atoms with Gasteiger partial charge in [0.05, 0.1) is 16.6 Å². The molecule has 0 radical (unpaired) electrons. The summed E-state index contributed by atoms with van der Waals surface area (Å²) in [6.07, 6.45) is -2.47. The van der Waals surface area contributed by atoms with E-state index in [1.165, 1.54) is 12.1 Å². The minimum atomic E-state index is -4.53. The molecule has 0 aliphatic heterocycles. The van der Waals surface area contributed by atoms with Crippen LogP contribution >= 0.6 is 0 Å². The van der Waals surface area contributed by atoms with Gasteiger partial charge in [-0.1, -0.05) is 66.7 Å². The zero-order chi connectivity index (χ0) is 26.7. The van der Waals surface area contributed by atoms with Crippen LogP contribution in [0.3, 0.4) is 0 Å². The van der Waals surface area contributed by atoms with Crippen molar-refractivity contribution in [3.05, 3.63) is 131 Å². The number of aromatic carboxylic acids is 1. The fourth-order valence-electron chi connectivity index (χ4n) is 4.59. The average molecular weight is 513 g/mol. The molecule has 0 atom stereocenters. The summed E-state index contributed by atoms with van der Waals surface area (Å²) >= 11 is 0. The minimum absolute atomic E-state index is 0.0826. The summed E-state index contributed by atoms with van der Waals surface area (Å²) < 4.78 is 41.5. The highest BCUT2D eigenvalue weighted by Gasteiger charge is 2.33. The lowest BCUT2D eigenvalue weighted by Gasteiger charge is -2.17. The van der Waals surface area contributed by atoms with E-state index in [0.717, 1.165) is 28.3 Å². The van der Waals surface area contributed by atoms with E-state index >= 15 is 0 Å². The first-order valence-corrected chi connectivity index (χ1v) is 12.0. The SMILES string of the molecule is O=C(O)c1cccc(NCc2cccc(-c3c(Cc4ccccc4)cnc4c(C(F)(F)F)cccc34)c2)c1. The number of alkyl halides is 3. The summed E-state index contributed by atoms with van der Waals surface area (Å²) in [5.74, 6) is -1.01. The maximum absolute atomic E-state index is 13.8. The molecule has 5 aromatic rings. The van der Waals surface area contributed by atoms with E-state index in [0.29, 0.717) is 29.6 Å². The van der Waals surface area contributed by atoms with Crippen LogP contribution < -0.4 is 5.32 Å². The summed E-state index contributed by atoms with van der Waals surface area (Å²) in [7, 11) is 0. The second-order valence-electron chi connectivity index (χ2n) is 8.96. The third-order valence-corrected chi connectivity index (χ3v) is 6.34. The smallest absolute Gasteiger partial charge is 0.418 e. The highest BCUT2D eigenvalue weighted by molar-refractivity contribution is 5.98. The van der Waals surface area contributed by atoms with E-state index in [4.69, 9.17) is 0 Å². The zero-order valence-corrected chi connectivity index (χ0v) is 20.2. The molecule has 4 aromatic carbocycles. The van der Waals surface area contributed by atoms with Gasteiger partial charge in [-0.05, 0) is 64.6 Å². The Labute approximate surface area is 217 Å². The van der Waals surface area contributed by atoms with Crippen molar-refractivity contribution in [2.45, 2.75) is 19.1 Å². The molecule has 190 valence electrons. The van der Waals surface area contributed by atoms with Crippen molar-refractivity contribution in [2.24, 2.45) is 0 Å². The Morgan fingerprint density at radius 3 is 2.34 bits per heavy atom. The number of pyridine rings is 1. The second-order valence-corrected chi connectivity index (χ2v) is 8.96. The molecule has 0 saturated carbocycles. The van der Waals surface area contributed by atoms with E-state index in [1.54, 1.807) is 30.5 Å². The predicted octanol–water partition coefficient (Wildman–Crippen LogP) is 7.82. The van der Waals surface area contributed by atoms with Gasteiger partial charge in [0.25, 0.3) is 0 Å². The van der Waals surface area contributed by atoms with Gasteiger partial charge in [-0.15, -0.1) is 0 Å². The van der Waals surface area contributed by atoms with Gasteiger partial charge in [-0.3, -0.25) is 4.98 Å². The Morgan fingerprint density at radius 2 is 1.58 bits per heavy atom. The van der Waals surface area contributed by atoms with Crippen LogP contribution in [0.4, 0.5) is 18.9 Å². The molecule has 7 heteroatoms. The van der Waals surface area contributed by atoms with Gasteiger partial charge in [0, 0.05) is 23.8 Å². The highest BCUT2D eigenvalue weighted by Crippen LogP contribution is 2.39. The molecule has 0 amide bonds.